The van der Waals surface area contributed by atoms with Gasteiger partial charge in [0.25, 0.3) is 5.91 Å². The summed E-state index contributed by atoms with van der Waals surface area (Å²) in [5, 5.41) is 0. The first kappa shape index (κ1) is 29.3. The molecule has 7 nitrogen and oxygen atoms in total. The van der Waals surface area contributed by atoms with Crippen LogP contribution in [0.15, 0.2) is 36.5 Å². The third-order valence-corrected chi connectivity index (χ3v) is 9.28. The van der Waals surface area contributed by atoms with E-state index in [-0.39, 0.29) is 30.9 Å². The smallest absolute Gasteiger partial charge is 0.395 e. The van der Waals surface area contributed by atoms with Crippen molar-refractivity contribution in [3.05, 3.63) is 47.9 Å². The lowest BCUT2D eigenvalue weighted by molar-refractivity contribution is -0.256. The van der Waals surface area contributed by atoms with Crippen LogP contribution in [0.1, 0.15) is 62.2 Å². The van der Waals surface area contributed by atoms with E-state index in [9.17, 15) is 22.8 Å². The number of hydrogen-bond donors (Lipinski definition) is 1. The zero-order valence-corrected chi connectivity index (χ0v) is 23.2. The molecule has 2 aromatic rings. The summed E-state index contributed by atoms with van der Waals surface area (Å²) >= 11 is 0. The maximum atomic E-state index is 15.0. The lowest BCUT2D eigenvalue weighted by Gasteiger charge is -2.47. The quantitative estimate of drug-likeness (QED) is 0.437. The van der Waals surface area contributed by atoms with Crippen LogP contribution in [-0.4, -0.2) is 71.1 Å². The fraction of sp³-hybridized carbons (Fsp3) is 0.567. The van der Waals surface area contributed by atoms with Gasteiger partial charge in [-0.05, 0) is 88.7 Å². The number of pyridine rings is 1. The average molecular weight is 577 g/mol. The molecule has 0 radical (unpaired) electrons. The van der Waals surface area contributed by atoms with E-state index in [1.807, 2.05) is 4.90 Å². The molecule has 0 bridgehead atoms. The molecule has 1 saturated carbocycles. The molecule has 2 N–H and O–H groups in total. The molecular formula is C30H36F4N4O3. The Morgan fingerprint density at radius 2 is 1.80 bits per heavy atom. The lowest BCUT2D eigenvalue weighted by Crippen LogP contribution is -2.54. The van der Waals surface area contributed by atoms with Crippen LogP contribution in [0.25, 0.3) is 11.3 Å². The van der Waals surface area contributed by atoms with Gasteiger partial charge in [0.15, 0.2) is 0 Å². The molecule has 2 amide bonds. The second-order valence-electron chi connectivity index (χ2n) is 11.9. The van der Waals surface area contributed by atoms with Crippen molar-refractivity contribution in [3.63, 3.8) is 0 Å². The van der Waals surface area contributed by atoms with Gasteiger partial charge in [0.05, 0.1) is 29.5 Å². The maximum Gasteiger partial charge on any atom is 0.395 e. The molecule has 3 aliphatic rings. The number of alkyl halides is 3. The van der Waals surface area contributed by atoms with Gasteiger partial charge in [-0.3, -0.25) is 14.6 Å². The van der Waals surface area contributed by atoms with E-state index < -0.39 is 34.8 Å². The van der Waals surface area contributed by atoms with Gasteiger partial charge in [-0.1, -0.05) is 12.5 Å². The number of ether oxygens (including phenoxy) is 1. The van der Waals surface area contributed by atoms with Crippen LogP contribution < -0.4 is 10.5 Å². The van der Waals surface area contributed by atoms with E-state index in [1.54, 1.807) is 31.3 Å². The summed E-state index contributed by atoms with van der Waals surface area (Å²) < 4.78 is 61.5. The molecule has 1 aromatic heterocycles. The zero-order valence-electron chi connectivity index (χ0n) is 23.2. The highest BCUT2D eigenvalue weighted by Gasteiger charge is 2.58. The average Bonchev–Trinajstić information content (AvgIpc) is 3.32. The Morgan fingerprint density at radius 3 is 2.37 bits per heavy atom. The van der Waals surface area contributed by atoms with Gasteiger partial charge in [-0.2, -0.15) is 13.2 Å². The molecule has 5 rings (SSSR count). The van der Waals surface area contributed by atoms with Crippen molar-refractivity contribution in [1.29, 1.82) is 0 Å². The summed E-state index contributed by atoms with van der Waals surface area (Å²) in [7, 11) is 0. The van der Waals surface area contributed by atoms with Crippen molar-refractivity contribution in [2.24, 2.45) is 17.1 Å². The van der Waals surface area contributed by atoms with Gasteiger partial charge in [0.1, 0.15) is 17.1 Å². The monoisotopic (exact) mass is 576 g/mol. The van der Waals surface area contributed by atoms with Crippen LogP contribution in [-0.2, 0) is 4.79 Å². The van der Waals surface area contributed by atoms with Gasteiger partial charge >= 0.3 is 6.18 Å². The Hall–Kier alpha value is -3.21. The minimum absolute atomic E-state index is 0.0935. The molecule has 3 heterocycles. The molecule has 2 aliphatic heterocycles. The fourth-order valence-electron chi connectivity index (χ4n) is 6.26. The predicted molar refractivity (Wildman–Crippen MR) is 144 cm³/mol. The SMILES string of the molecule is C[C@@]1(C(N)=O)CCCN1C(=O)c1ccc(-c2ccc(OCC3CCN(CC4(C(F)(F)F)CCC4)CC3)cn2)cc1F. The number of aromatic nitrogens is 1. The summed E-state index contributed by atoms with van der Waals surface area (Å²) in [6.07, 6.45) is 1.12. The number of primary amides is 1. The second kappa shape index (κ2) is 11.2. The number of piperidine rings is 1. The Balaban J connectivity index is 1.13. The molecule has 1 aliphatic carbocycles. The van der Waals surface area contributed by atoms with Gasteiger partial charge in [-0.25, -0.2) is 4.39 Å². The number of nitrogens with two attached hydrogens (primary N) is 1. The standard InChI is InChI=1S/C30H36F4N4O3/c1-28(27(35)40)10-3-13-38(28)26(39)23-6-4-21(16-24(23)31)25-7-5-22(17-36-25)41-18-20-8-14-37(15-9-20)19-29(11-2-12-29)30(32,33)34/h4-7,16-17,20H,2-3,8-15,18-19H2,1H3,(H2,35,40)/t28-/m0/s1. The molecule has 0 unspecified atom stereocenters. The van der Waals surface area contributed by atoms with Gasteiger partial charge in [0.2, 0.25) is 5.91 Å². The fourth-order valence-corrected chi connectivity index (χ4v) is 6.26. The Bertz CT molecular complexity index is 1270. The first-order chi connectivity index (χ1) is 19.4. The summed E-state index contributed by atoms with van der Waals surface area (Å²) in [5.74, 6) is -1.09. The van der Waals surface area contributed by atoms with Crippen molar-refractivity contribution < 1.29 is 31.9 Å². The first-order valence-electron chi connectivity index (χ1n) is 14.2. The van der Waals surface area contributed by atoms with Crippen molar-refractivity contribution in [3.8, 4) is 17.0 Å². The number of carbonyl (C=O) groups is 2. The van der Waals surface area contributed by atoms with E-state index in [4.69, 9.17) is 10.5 Å². The molecule has 3 fully saturated rings. The number of hydrogen-bond acceptors (Lipinski definition) is 5. The van der Waals surface area contributed by atoms with E-state index in [1.165, 1.54) is 17.0 Å². The largest absolute Gasteiger partial charge is 0.492 e. The van der Waals surface area contributed by atoms with Crippen LogP contribution >= 0.6 is 0 Å². The third-order valence-electron chi connectivity index (χ3n) is 9.28. The molecule has 1 atom stereocenters. The number of amides is 2. The van der Waals surface area contributed by atoms with E-state index in [2.05, 4.69) is 4.98 Å². The molecular weight excluding hydrogens is 540 g/mol. The minimum Gasteiger partial charge on any atom is -0.492 e. The highest BCUT2D eigenvalue weighted by atomic mass is 19.4. The van der Waals surface area contributed by atoms with Gasteiger partial charge in [-0.15, -0.1) is 0 Å². The molecule has 11 heteroatoms. The van der Waals surface area contributed by atoms with Gasteiger partial charge in [0, 0.05) is 18.7 Å². The molecule has 222 valence electrons. The second-order valence-corrected chi connectivity index (χ2v) is 11.9. The normalized spacial score (nSPS) is 23.3. The maximum absolute atomic E-state index is 15.0. The van der Waals surface area contributed by atoms with Crippen LogP contribution in [0.4, 0.5) is 17.6 Å². The lowest BCUT2D eigenvalue weighted by atomic mass is 9.67. The number of likely N-dealkylation sites (tertiary alicyclic amines) is 2. The van der Waals surface area contributed by atoms with E-state index in [0.717, 1.165) is 12.8 Å². The molecule has 41 heavy (non-hydrogen) atoms. The summed E-state index contributed by atoms with van der Waals surface area (Å²) in [5.41, 5.74) is 3.71. The predicted octanol–water partition coefficient (Wildman–Crippen LogP) is 5.19. The van der Waals surface area contributed by atoms with E-state index >= 15 is 4.39 Å². The Morgan fingerprint density at radius 1 is 1.07 bits per heavy atom. The highest BCUT2D eigenvalue weighted by molar-refractivity contribution is 5.99. The van der Waals surface area contributed by atoms with Crippen molar-refractivity contribution in [2.75, 3.05) is 32.8 Å². The molecule has 1 aromatic carbocycles. The number of nitrogens with zero attached hydrogens (tertiary/aromatic N) is 3. The molecule has 2 saturated heterocycles. The summed E-state index contributed by atoms with van der Waals surface area (Å²) in [6.45, 7) is 3.74. The minimum atomic E-state index is -4.14. The van der Waals surface area contributed by atoms with Crippen LogP contribution in [0.3, 0.4) is 0 Å². The first-order valence-corrected chi connectivity index (χ1v) is 14.2. The zero-order chi connectivity index (χ0) is 29.4. The van der Waals surface area contributed by atoms with Crippen molar-refractivity contribution >= 4 is 11.8 Å². The summed E-state index contributed by atoms with van der Waals surface area (Å²) in [6, 6.07) is 7.69. The van der Waals surface area contributed by atoms with Crippen LogP contribution in [0.5, 0.6) is 5.75 Å². The van der Waals surface area contributed by atoms with Gasteiger partial charge < -0.3 is 20.3 Å². The van der Waals surface area contributed by atoms with Crippen LogP contribution in [0.2, 0.25) is 0 Å². The topological polar surface area (TPSA) is 88.8 Å². The Kier molecular flexibility index (Phi) is 8.02. The number of halogens is 4. The number of benzene rings is 1. The van der Waals surface area contributed by atoms with Crippen LogP contribution in [0, 0.1) is 17.2 Å². The Labute approximate surface area is 237 Å². The van der Waals surface area contributed by atoms with Crippen molar-refractivity contribution in [2.45, 2.75) is 63.6 Å². The van der Waals surface area contributed by atoms with E-state index in [0.29, 0.717) is 62.5 Å². The highest BCUT2D eigenvalue weighted by Crippen LogP contribution is 2.53. The molecule has 0 spiro atoms. The summed E-state index contributed by atoms with van der Waals surface area (Å²) in [4.78, 5) is 32.6. The third kappa shape index (κ3) is 5.78. The van der Waals surface area contributed by atoms with Crippen molar-refractivity contribution in [1.82, 2.24) is 14.8 Å². The number of carbonyl (C=O) groups excluding carboxylic acids is 2. The number of rotatable bonds is 8.